The SMILES string of the molecule is CCOc1cc(/C=C/c2[nH]c(=O)[nH]c(=O)c2[N+](=O)[O-])ccc1OCCc1ccccc1. The Bertz CT molecular complexity index is 1200. The maximum absolute atomic E-state index is 11.7. The summed E-state index contributed by atoms with van der Waals surface area (Å²) < 4.78 is 11.5. The molecule has 1 aromatic heterocycles. The lowest BCUT2D eigenvalue weighted by atomic mass is 10.1. The molecule has 2 aromatic carbocycles. The molecule has 31 heavy (non-hydrogen) atoms. The number of H-pyrrole nitrogens is 2. The number of aromatic nitrogens is 2. The molecule has 9 nitrogen and oxygen atoms in total. The Balaban J connectivity index is 1.80. The standard InChI is InChI=1S/C22H21N3O6/c1-2-30-19-14-16(8-10-17-20(25(28)29)21(26)24-22(27)23-17)9-11-18(19)31-13-12-15-6-4-3-5-7-15/h3-11,14H,2,12-13H2,1H3,(H2,23,24,26,27)/b10-8+. The Morgan fingerprint density at radius 1 is 1.00 bits per heavy atom. The molecule has 9 heteroatoms. The van der Waals surface area contributed by atoms with Crippen LogP contribution in [0.4, 0.5) is 5.69 Å². The summed E-state index contributed by atoms with van der Waals surface area (Å²) in [5.74, 6) is 1.09. The zero-order chi connectivity index (χ0) is 22.2. The fourth-order valence-electron chi connectivity index (χ4n) is 2.92. The number of hydrogen-bond acceptors (Lipinski definition) is 6. The minimum absolute atomic E-state index is 0.195. The molecule has 0 saturated carbocycles. The molecule has 0 unspecified atom stereocenters. The molecule has 3 rings (SSSR count). The number of nitro groups is 1. The van der Waals surface area contributed by atoms with Crippen LogP contribution < -0.4 is 20.7 Å². The molecule has 160 valence electrons. The second-order valence-corrected chi connectivity index (χ2v) is 6.48. The third-order valence-corrected chi connectivity index (χ3v) is 4.33. The van der Waals surface area contributed by atoms with E-state index in [0.717, 1.165) is 12.0 Å². The van der Waals surface area contributed by atoms with Gasteiger partial charge >= 0.3 is 16.9 Å². The number of aromatic amines is 2. The van der Waals surface area contributed by atoms with Crippen molar-refractivity contribution >= 4 is 17.8 Å². The average Bonchev–Trinajstić information content (AvgIpc) is 2.73. The van der Waals surface area contributed by atoms with Gasteiger partial charge in [-0.3, -0.25) is 19.9 Å². The minimum atomic E-state index is -1.06. The second kappa shape index (κ2) is 10.1. The van der Waals surface area contributed by atoms with Crippen LogP contribution in [0.1, 0.15) is 23.7 Å². The van der Waals surface area contributed by atoms with Gasteiger partial charge in [0, 0.05) is 6.42 Å². The third kappa shape index (κ3) is 5.69. The van der Waals surface area contributed by atoms with E-state index in [1.807, 2.05) is 42.2 Å². The summed E-state index contributed by atoms with van der Waals surface area (Å²) in [5.41, 5.74) is -1.01. The molecule has 0 aliphatic carbocycles. The second-order valence-electron chi connectivity index (χ2n) is 6.48. The Hall–Kier alpha value is -4.14. The van der Waals surface area contributed by atoms with E-state index in [9.17, 15) is 19.7 Å². The zero-order valence-electron chi connectivity index (χ0n) is 16.8. The van der Waals surface area contributed by atoms with Crippen molar-refractivity contribution in [2.24, 2.45) is 0 Å². The highest BCUT2D eigenvalue weighted by Gasteiger charge is 2.18. The van der Waals surface area contributed by atoms with Crippen LogP contribution in [0.2, 0.25) is 0 Å². The zero-order valence-corrected chi connectivity index (χ0v) is 16.8. The molecule has 3 aromatic rings. The highest BCUT2D eigenvalue weighted by atomic mass is 16.6. The van der Waals surface area contributed by atoms with Gasteiger partial charge in [0.2, 0.25) is 0 Å². The first kappa shape index (κ1) is 21.6. The molecule has 0 amide bonds. The summed E-state index contributed by atoms with van der Waals surface area (Å²) in [4.78, 5) is 37.6. The van der Waals surface area contributed by atoms with E-state index in [1.165, 1.54) is 12.2 Å². The fourth-order valence-corrected chi connectivity index (χ4v) is 2.92. The van der Waals surface area contributed by atoms with E-state index in [0.29, 0.717) is 30.3 Å². The highest BCUT2D eigenvalue weighted by molar-refractivity contribution is 5.72. The van der Waals surface area contributed by atoms with Gasteiger partial charge in [-0.2, -0.15) is 0 Å². The van der Waals surface area contributed by atoms with Gasteiger partial charge in [-0.25, -0.2) is 4.79 Å². The first-order chi connectivity index (χ1) is 15.0. The van der Waals surface area contributed by atoms with Gasteiger partial charge in [0.1, 0.15) is 5.69 Å². The topological polar surface area (TPSA) is 127 Å². The first-order valence-corrected chi connectivity index (χ1v) is 9.60. The van der Waals surface area contributed by atoms with Crippen molar-refractivity contribution in [2.45, 2.75) is 13.3 Å². The first-order valence-electron chi connectivity index (χ1n) is 9.60. The Morgan fingerprint density at radius 2 is 1.77 bits per heavy atom. The molecular weight excluding hydrogens is 402 g/mol. The van der Waals surface area contributed by atoms with E-state index < -0.39 is 21.9 Å². The Morgan fingerprint density at radius 3 is 2.48 bits per heavy atom. The average molecular weight is 423 g/mol. The Labute approximate surface area is 177 Å². The number of nitrogens with zero attached hydrogens (tertiary/aromatic N) is 1. The molecule has 0 aliphatic rings. The predicted octanol–water partition coefficient (Wildman–Crippen LogP) is 3.16. The van der Waals surface area contributed by atoms with Crippen LogP contribution in [-0.4, -0.2) is 28.1 Å². The van der Waals surface area contributed by atoms with Crippen LogP contribution in [0.3, 0.4) is 0 Å². The summed E-state index contributed by atoms with van der Waals surface area (Å²) in [6.07, 6.45) is 3.58. The smallest absolute Gasteiger partial charge is 0.357 e. The van der Waals surface area contributed by atoms with Crippen molar-refractivity contribution in [1.82, 2.24) is 9.97 Å². The molecule has 0 fully saturated rings. The van der Waals surface area contributed by atoms with E-state index in [-0.39, 0.29) is 5.69 Å². The van der Waals surface area contributed by atoms with E-state index in [2.05, 4.69) is 4.98 Å². The van der Waals surface area contributed by atoms with Crippen molar-refractivity contribution in [3.8, 4) is 11.5 Å². The van der Waals surface area contributed by atoms with Crippen molar-refractivity contribution in [3.63, 3.8) is 0 Å². The summed E-state index contributed by atoms with van der Waals surface area (Å²) in [7, 11) is 0. The third-order valence-electron chi connectivity index (χ3n) is 4.33. The van der Waals surface area contributed by atoms with Gasteiger partial charge in [-0.15, -0.1) is 0 Å². The number of nitrogens with one attached hydrogen (secondary N) is 2. The van der Waals surface area contributed by atoms with Crippen molar-refractivity contribution in [3.05, 3.63) is 96.3 Å². The molecular formula is C22H21N3O6. The lowest BCUT2D eigenvalue weighted by molar-refractivity contribution is -0.386. The quantitative estimate of drug-likeness (QED) is 0.402. The Kier molecular flexibility index (Phi) is 7.00. The largest absolute Gasteiger partial charge is 0.490 e. The van der Waals surface area contributed by atoms with Gasteiger partial charge in [0.05, 0.1) is 18.1 Å². The maximum Gasteiger partial charge on any atom is 0.357 e. The normalized spacial score (nSPS) is 10.9. The lowest BCUT2D eigenvalue weighted by Gasteiger charge is -2.12. The van der Waals surface area contributed by atoms with Crippen molar-refractivity contribution in [1.29, 1.82) is 0 Å². The van der Waals surface area contributed by atoms with Crippen LogP contribution in [0.25, 0.3) is 12.2 Å². The minimum Gasteiger partial charge on any atom is -0.490 e. The molecule has 2 N–H and O–H groups in total. The van der Waals surface area contributed by atoms with Gasteiger partial charge < -0.3 is 14.5 Å². The van der Waals surface area contributed by atoms with Gasteiger partial charge in [-0.05, 0) is 36.3 Å². The monoisotopic (exact) mass is 423 g/mol. The fraction of sp³-hybridized carbons (Fsp3) is 0.182. The predicted molar refractivity (Wildman–Crippen MR) is 117 cm³/mol. The van der Waals surface area contributed by atoms with E-state index in [4.69, 9.17) is 9.47 Å². The summed E-state index contributed by atoms with van der Waals surface area (Å²) in [5, 5.41) is 11.1. The molecule has 0 saturated heterocycles. The van der Waals surface area contributed by atoms with Crippen LogP contribution in [0.5, 0.6) is 11.5 Å². The van der Waals surface area contributed by atoms with Gasteiger partial charge in [-0.1, -0.05) is 42.5 Å². The van der Waals surface area contributed by atoms with Crippen LogP contribution in [0.15, 0.2) is 58.1 Å². The highest BCUT2D eigenvalue weighted by Crippen LogP contribution is 2.29. The number of hydrogen-bond donors (Lipinski definition) is 2. The molecule has 0 aliphatic heterocycles. The van der Waals surface area contributed by atoms with E-state index >= 15 is 0 Å². The maximum atomic E-state index is 11.7. The molecule has 0 atom stereocenters. The van der Waals surface area contributed by atoms with Crippen molar-refractivity contribution < 1.29 is 14.4 Å². The van der Waals surface area contributed by atoms with Crippen LogP contribution in [-0.2, 0) is 6.42 Å². The lowest BCUT2D eigenvalue weighted by Crippen LogP contribution is -2.25. The van der Waals surface area contributed by atoms with Crippen LogP contribution in [0, 0.1) is 10.1 Å². The number of rotatable bonds is 9. The summed E-state index contributed by atoms with van der Waals surface area (Å²) in [6.45, 7) is 2.75. The van der Waals surface area contributed by atoms with E-state index in [1.54, 1.807) is 18.2 Å². The van der Waals surface area contributed by atoms with Gasteiger partial charge in [0.25, 0.3) is 0 Å². The van der Waals surface area contributed by atoms with Crippen molar-refractivity contribution in [2.75, 3.05) is 13.2 Å². The molecule has 0 radical (unpaired) electrons. The molecule has 1 heterocycles. The molecule has 0 spiro atoms. The number of benzene rings is 2. The van der Waals surface area contributed by atoms with Gasteiger partial charge in [0.15, 0.2) is 11.5 Å². The summed E-state index contributed by atoms with van der Waals surface area (Å²) >= 11 is 0. The summed E-state index contributed by atoms with van der Waals surface area (Å²) in [6, 6.07) is 15.2. The van der Waals surface area contributed by atoms with Crippen LogP contribution >= 0.6 is 0 Å². The molecule has 0 bridgehead atoms. The number of ether oxygens (including phenoxy) is 2.